The summed E-state index contributed by atoms with van der Waals surface area (Å²) in [4.78, 5) is 27.6. The first kappa shape index (κ1) is 24.0. The van der Waals surface area contributed by atoms with Crippen molar-refractivity contribution in [3.05, 3.63) is 54.1 Å². The zero-order chi connectivity index (χ0) is 25.7. The van der Waals surface area contributed by atoms with E-state index in [1.165, 1.54) is 18.2 Å². The van der Waals surface area contributed by atoms with Crippen molar-refractivity contribution in [3.63, 3.8) is 0 Å². The summed E-state index contributed by atoms with van der Waals surface area (Å²) < 4.78 is 47.2. The molecule has 7 heteroatoms. The van der Waals surface area contributed by atoms with Gasteiger partial charge in [-0.05, 0) is 73.3 Å². The Balaban J connectivity index is 1.46. The number of ketones is 2. The third-order valence-corrected chi connectivity index (χ3v) is 10.9. The van der Waals surface area contributed by atoms with Gasteiger partial charge >= 0.3 is 0 Å². The molecule has 0 radical (unpaired) electrons. The molecule has 4 fully saturated rings. The molecule has 0 aromatic heterocycles. The summed E-state index contributed by atoms with van der Waals surface area (Å²) in [5.74, 6) is -2.37. The number of anilines is 1. The second-order valence-electron chi connectivity index (χ2n) is 12.0. The summed E-state index contributed by atoms with van der Waals surface area (Å²) in [5, 5.41) is 11.5. The maximum Gasteiger partial charge on any atom is 0.178 e. The highest BCUT2D eigenvalue weighted by Gasteiger charge is 2.78. The number of carbonyl (C=O) groups excluding carboxylic acids is 2. The molecule has 4 aliphatic carbocycles. The Hall–Kier alpha value is -2.41. The number of para-hydroxylation sites is 1. The van der Waals surface area contributed by atoms with E-state index in [1.807, 2.05) is 37.3 Å². The molecular formula is C29H32F3NO3. The van der Waals surface area contributed by atoms with Crippen molar-refractivity contribution in [2.24, 2.45) is 34.0 Å². The summed E-state index contributed by atoms with van der Waals surface area (Å²) in [6.07, 6.45) is 1.14. The number of nitrogens with zero attached hydrogens (tertiary/aromatic N) is 1. The standard InChI is InChI=1S/C29H32F3NO3/c1-26-9-8-19(34)11-22(26)23(31)12-21-20-10-17-15-33(18-6-4-3-5-7-18)16-28(17,25(36)14-30)27(20,2)13-24(35)29(21,26)32/h3-9,11,17,20-21,23-24,35H,10,12-16H2,1-2H3/t17-,20-,21-,23-,24-,26-,27-,28+,29-/m0/s1. The van der Waals surface area contributed by atoms with E-state index in [2.05, 4.69) is 4.90 Å². The molecule has 1 aromatic carbocycles. The number of halogens is 3. The van der Waals surface area contributed by atoms with E-state index in [0.29, 0.717) is 19.5 Å². The molecule has 36 heavy (non-hydrogen) atoms. The quantitative estimate of drug-likeness (QED) is 0.662. The predicted molar refractivity (Wildman–Crippen MR) is 130 cm³/mol. The highest BCUT2D eigenvalue weighted by molar-refractivity contribution is 6.01. The van der Waals surface area contributed by atoms with Crippen LogP contribution in [0.4, 0.5) is 18.9 Å². The summed E-state index contributed by atoms with van der Waals surface area (Å²) in [6, 6.07) is 9.65. The van der Waals surface area contributed by atoms with E-state index in [9.17, 15) is 19.1 Å². The Morgan fingerprint density at radius 2 is 1.89 bits per heavy atom. The summed E-state index contributed by atoms with van der Waals surface area (Å²) >= 11 is 0. The number of rotatable bonds is 3. The molecule has 6 rings (SSSR count). The van der Waals surface area contributed by atoms with Crippen molar-refractivity contribution in [1.82, 2.24) is 0 Å². The highest BCUT2D eigenvalue weighted by Crippen LogP contribution is 2.74. The van der Waals surface area contributed by atoms with Gasteiger partial charge < -0.3 is 10.0 Å². The van der Waals surface area contributed by atoms with Gasteiger partial charge in [-0.2, -0.15) is 0 Å². The molecule has 3 saturated carbocycles. The minimum atomic E-state index is -2.19. The molecule has 0 spiro atoms. The first-order chi connectivity index (χ1) is 17.0. The first-order valence-corrected chi connectivity index (χ1v) is 12.9. The molecule has 192 valence electrons. The number of hydrogen-bond acceptors (Lipinski definition) is 4. The van der Waals surface area contributed by atoms with Crippen LogP contribution in [0.5, 0.6) is 0 Å². The number of fused-ring (bicyclic) bond motifs is 7. The molecule has 1 N–H and O–H groups in total. The molecule has 5 aliphatic rings. The third kappa shape index (κ3) is 2.65. The van der Waals surface area contributed by atoms with Gasteiger partial charge in [0.25, 0.3) is 0 Å². The first-order valence-electron chi connectivity index (χ1n) is 12.9. The van der Waals surface area contributed by atoms with Gasteiger partial charge in [0.05, 0.1) is 11.5 Å². The maximum absolute atomic E-state index is 17.4. The van der Waals surface area contributed by atoms with Crippen LogP contribution in [0.15, 0.2) is 54.1 Å². The van der Waals surface area contributed by atoms with Crippen LogP contribution >= 0.6 is 0 Å². The monoisotopic (exact) mass is 499 g/mol. The fourth-order valence-corrected chi connectivity index (χ4v) is 9.24. The lowest BCUT2D eigenvalue weighted by Crippen LogP contribution is -2.69. The number of benzene rings is 1. The number of Topliss-reactive ketones (excluding diaryl/α,β-unsaturated/α-hetero) is 1. The molecular weight excluding hydrogens is 467 g/mol. The molecule has 0 unspecified atom stereocenters. The number of allylic oxidation sites excluding steroid dienone is 4. The SMILES string of the molecule is C[C@]12C=CC(=O)C=C1[C@@H](F)C[C@H]1[C@@H]3C[C@H]4CN(c5ccccc5)C[C@@]4(C(=O)CF)[C@@]3(C)C[C@H](O)[C@@]12F. The zero-order valence-corrected chi connectivity index (χ0v) is 20.6. The van der Waals surface area contributed by atoms with E-state index < -0.39 is 58.5 Å². The lowest BCUT2D eigenvalue weighted by atomic mass is 9.43. The minimum Gasteiger partial charge on any atom is -0.390 e. The lowest BCUT2D eigenvalue weighted by Gasteiger charge is -2.63. The Morgan fingerprint density at radius 3 is 2.58 bits per heavy atom. The number of aliphatic hydroxyl groups is 1. The Bertz CT molecular complexity index is 1190. The van der Waals surface area contributed by atoms with Crippen LogP contribution in [-0.2, 0) is 9.59 Å². The van der Waals surface area contributed by atoms with Crippen LogP contribution in [0.25, 0.3) is 0 Å². The van der Waals surface area contributed by atoms with Crippen LogP contribution in [0, 0.1) is 34.0 Å². The van der Waals surface area contributed by atoms with Gasteiger partial charge in [0.2, 0.25) is 0 Å². The van der Waals surface area contributed by atoms with Crippen molar-refractivity contribution < 1.29 is 27.9 Å². The molecule has 1 aromatic rings. The molecule has 0 bridgehead atoms. The van der Waals surface area contributed by atoms with Crippen LogP contribution < -0.4 is 4.90 Å². The Kier molecular flexibility index (Phi) is 5.03. The molecule has 1 aliphatic heterocycles. The zero-order valence-electron chi connectivity index (χ0n) is 20.6. The number of hydrogen-bond donors (Lipinski definition) is 1. The third-order valence-electron chi connectivity index (χ3n) is 10.9. The average Bonchev–Trinajstić information content (AvgIpc) is 3.36. The van der Waals surface area contributed by atoms with Crippen molar-refractivity contribution in [3.8, 4) is 0 Å². The number of aliphatic hydroxyl groups excluding tert-OH is 1. The van der Waals surface area contributed by atoms with Gasteiger partial charge in [-0.15, -0.1) is 0 Å². The van der Waals surface area contributed by atoms with Crippen LogP contribution in [0.1, 0.15) is 33.1 Å². The topological polar surface area (TPSA) is 57.6 Å². The van der Waals surface area contributed by atoms with Gasteiger partial charge in [0, 0.05) is 30.1 Å². The van der Waals surface area contributed by atoms with Gasteiger partial charge in [-0.1, -0.05) is 31.2 Å². The van der Waals surface area contributed by atoms with Crippen molar-refractivity contribution in [2.45, 2.75) is 51.1 Å². The Labute approximate surface area is 209 Å². The van der Waals surface area contributed by atoms with Crippen LogP contribution in [0.2, 0.25) is 0 Å². The second-order valence-corrected chi connectivity index (χ2v) is 12.0. The van der Waals surface area contributed by atoms with E-state index in [0.717, 1.165) is 5.69 Å². The van der Waals surface area contributed by atoms with Crippen LogP contribution in [-0.4, -0.2) is 54.4 Å². The van der Waals surface area contributed by atoms with Crippen molar-refractivity contribution >= 4 is 17.3 Å². The van der Waals surface area contributed by atoms with Crippen molar-refractivity contribution in [2.75, 3.05) is 24.7 Å². The minimum absolute atomic E-state index is 0.0167. The average molecular weight is 500 g/mol. The second kappa shape index (κ2) is 7.56. The number of carbonyl (C=O) groups is 2. The number of alkyl halides is 3. The smallest absolute Gasteiger partial charge is 0.178 e. The molecule has 4 nitrogen and oxygen atoms in total. The van der Waals surface area contributed by atoms with Gasteiger partial charge in [-0.3, -0.25) is 9.59 Å². The van der Waals surface area contributed by atoms with Gasteiger partial charge in [0.15, 0.2) is 17.2 Å². The largest absolute Gasteiger partial charge is 0.390 e. The fourth-order valence-electron chi connectivity index (χ4n) is 9.24. The van der Waals surface area contributed by atoms with Gasteiger partial charge in [-0.25, -0.2) is 13.2 Å². The fraction of sp³-hybridized carbons (Fsp3) is 0.586. The Morgan fingerprint density at radius 1 is 1.17 bits per heavy atom. The van der Waals surface area contributed by atoms with Crippen molar-refractivity contribution in [1.29, 1.82) is 0 Å². The normalized spacial score (nSPS) is 47.1. The summed E-state index contributed by atoms with van der Waals surface area (Å²) in [7, 11) is 0. The van der Waals surface area contributed by atoms with E-state index in [1.54, 1.807) is 6.92 Å². The lowest BCUT2D eigenvalue weighted by molar-refractivity contribution is -0.210. The highest BCUT2D eigenvalue weighted by atomic mass is 19.1. The molecule has 1 saturated heterocycles. The molecule has 9 atom stereocenters. The van der Waals surface area contributed by atoms with E-state index >= 15 is 8.78 Å². The molecule has 0 amide bonds. The van der Waals surface area contributed by atoms with E-state index in [4.69, 9.17) is 0 Å². The van der Waals surface area contributed by atoms with E-state index in [-0.39, 0.29) is 30.1 Å². The summed E-state index contributed by atoms with van der Waals surface area (Å²) in [5.41, 5.74) is -4.62. The van der Waals surface area contributed by atoms with Crippen LogP contribution in [0.3, 0.4) is 0 Å². The molecule has 1 heterocycles. The summed E-state index contributed by atoms with van der Waals surface area (Å²) in [6.45, 7) is 3.17. The van der Waals surface area contributed by atoms with Gasteiger partial charge in [0.1, 0.15) is 12.8 Å². The maximum atomic E-state index is 17.4. The predicted octanol–water partition coefficient (Wildman–Crippen LogP) is 4.58.